The molecule has 0 amide bonds. The summed E-state index contributed by atoms with van der Waals surface area (Å²) in [6.07, 6.45) is 0. The van der Waals surface area contributed by atoms with Gasteiger partial charge in [0, 0.05) is 31.1 Å². The highest BCUT2D eigenvalue weighted by atomic mass is 32.1. The lowest BCUT2D eigenvalue weighted by molar-refractivity contribution is 0.200. The van der Waals surface area contributed by atoms with Crippen LogP contribution in [0.1, 0.15) is 16.5 Å². The van der Waals surface area contributed by atoms with Crippen molar-refractivity contribution in [3.63, 3.8) is 0 Å². The highest BCUT2D eigenvalue weighted by Gasteiger charge is 2.24. The number of rotatable bonds is 5. The minimum Gasteiger partial charge on any atom is -0.457 e. The molecule has 128 valence electrons. The maximum Gasteiger partial charge on any atom is 0.127 e. The molecule has 4 heteroatoms. The van der Waals surface area contributed by atoms with Gasteiger partial charge in [-0.1, -0.05) is 36.4 Å². The zero-order valence-electron chi connectivity index (χ0n) is 14.1. The summed E-state index contributed by atoms with van der Waals surface area (Å²) in [6, 6.07) is 23.2. The molecule has 0 saturated carbocycles. The molecule has 0 bridgehead atoms. The topological polar surface area (TPSA) is 24.5 Å². The standard InChI is InChI=1S/C21H22N2OS/c1-2-5-18(6-3-1)24-19-10-8-17(9-11-19)21(20-7-4-16-25-20)23-14-12-22-13-15-23/h1-11,16,21-22H,12-15H2/t21-/m0/s1. The number of nitrogens with one attached hydrogen (secondary N) is 1. The molecule has 0 spiro atoms. The Kier molecular flexibility index (Phi) is 5.11. The van der Waals surface area contributed by atoms with E-state index in [-0.39, 0.29) is 0 Å². The quantitative estimate of drug-likeness (QED) is 0.731. The second kappa shape index (κ2) is 7.83. The van der Waals surface area contributed by atoms with Crippen molar-refractivity contribution in [1.29, 1.82) is 0 Å². The van der Waals surface area contributed by atoms with Crippen LogP contribution in [0, 0.1) is 0 Å². The van der Waals surface area contributed by atoms with Crippen LogP contribution in [0.4, 0.5) is 0 Å². The fourth-order valence-corrected chi connectivity index (χ4v) is 4.17. The van der Waals surface area contributed by atoms with Crippen LogP contribution in [0.2, 0.25) is 0 Å². The third-order valence-electron chi connectivity index (χ3n) is 4.50. The molecule has 0 unspecified atom stereocenters. The highest BCUT2D eigenvalue weighted by Crippen LogP contribution is 2.33. The van der Waals surface area contributed by atoms with E-state index in [1.165, 1.54) is 10.4 Å². The van der Waals surface area contributed by atoms with E-state index < -0.39 is 0 Å². The number of hydrogen-bond acceptors (Lipinski definition) is 4. The first kappa shape index (κ1) is 16.3. The van der Waals surface area contributed by atoms with Gasteiger partial charge in [0.2, 0.25) is 0 Å². The Morgan fingerprint density at radius 2 is 1.56 bits per heavy atom. The maximum atomic E-state index is 5.93. The van der Waals surface area contributed by atoms with E-state index in [0.717, 1.165) is 37.7 Å². The molecule has 1 atom stereocenters. The Balaban J connectivity index is 1.57. The molecule has 0 radical (unpaired) electrons. The number of piperazine rings is 1. The van der Waals surface area contributed by atoms with Crippen LogP contribution in [0.5, 0.6) is 11.5 Å². The van der Waals surface area contributed by atoms with Crippen molar-refractivity contribution in [3.05, 3.63) is 82.6 Å². The molecule has 2 aromatic carbocycles. The number of nitrogens with zero attached hydrogens (tertiary/aromatic N) is 1. The van der Waals surface area contributed by atoms with Crippen molar-refractivity contribution < 1.29 is 4.74 Å². The molecule has 3 nitrogen and oxygen atoms in total. The molecule has 2 heterocycles. The summed E-state index contributed by atoms with van der Waals surface area (Å²) in [6.45, 7) is 4.25. The molecule has 0 aliphatic carbocycles. The van der Waals surface area contributed by atoms with Crippen molar-refractivity contribution in [2.24, 2.45) is 0 Å². The van der Waals surface area contributed by atoms with Crippen LogP contribution in [0.15, 0.2) is 72.1 Å². The van der Waals surface area contributed by atoms with Gasteiger partial charge in [-0.3, -0.25) is 4.90 Å². The van der Waals surface area contributed by atoms with E-state index in [9.17, 15) is 0 Å². The second-order valence-corrected chi connectivity index (χ2v) is 7.17. The molecule has 1 aliphatic rings. The number of para-hydroxylation sites is 1. The van der Waals surface area contributed by atoms with Gasteiger partial charge in [-0.25, -0.2) is 0 Å². The fraction of sp³-hybridized carbons (Fsp3) is 0.238. The molecule has 4 rings (SSSR count). The summed E-state index contributed by atoms with van der Waals surface area (Å²) in [4.78, 5) is 3.97. The lowest BCUT2D eigenvalue weighted by Crippen LogP contribution is -2.45. The maximum absolute atomic E-state index is 5.93. The first-order valence-electron chi connectivity index (χ1n) is 8.71. The van der Waals surface area contributed by atoms with Gasteiger partial charge < -0.3 is 10.1 Å². The van der Waals surface area contributed by atoms with Crippen LogP contribution in [0.3, 0.4) is 0 Å². The van der Waals surface area contributed by atoms with Gasteiger partial charge in [-0.15, -0.1) is 11.3 Å². The lowest BCUT2D eigenvalue weighted by atomic mass is 10.0. The summed E-state index contributed by atoms with van der Waals surface area (Å²) in [7, 11) is 0. The number of thiophene rings is 1. The number of benzene rings is 2. The predicted molar refractivity (Wildman–Crippen MR) is 104 cm³/mol. The molecule has 1 aliphatic heterocycles. The van der Waals surface area contributed by atoms with E-state index in [4.69, 9.17) is 4.74 Å². The Morgan fingerprint density at radius 1 is 0.840 bits per heavy atom. The zero-order chi connectivity index (χ0) is 16.9. The van der Waals surface area contributed by atoms with Gasteiger partial charge in [0.1, 0.15) is 11.5 Å². The van der Waals surface area contributed by atoms with Crippen LogP contribution in [-0.4, -0.2) is 31.1 Å². The van der Waals surface area contributed by atoms with E-state index in [1.807, 2.05) is 41.7 Å². The van der Waals surface area contributed by atoms with Crippen molar-refractivity contribution in [2.45, 2.75) is 6.04 Å². The van der Waals surface area contributed by atoms with E-state index >= 15 is 0 Å². The number of ether oxygens (including phenoxy) is 1. The summed E-state index contributed by atoms with van der Waals surface area (Å²) < 4.78 is 5.93. The average molecular weight is 350 g/mol. The molecule has 1 aromatic heterocycles. The smallest absolute Gasteiger partial charge is 0.127 e. The van der Waals surface area contributed by atoms with Crippen molar-refractivity contribution in [1.82, 2.24) is 10.2 Å². The van der Waals surface area contributed by atoms with Crippen LogP contribution in [0.25, 0.3) is 0 Å². The van der Waals surface area contributed by atoms with E-state index in [2.05, 4.69) is 52.0 Å². The first-order chi connectivity index (χ1) is 12.4. The van der Waals surface area contributed by atoms with Gasteiger partial charge in [0.05, 0.1) is 6.04 Å². The third kappa shape index (κ3) is 3.93. The minimum atomic E-state index is 0.327. The molecule has 25 heavy (non-hydrogen) atoms. The Morgan fingerprint density at radius 3 is 2.24 bits per heavy atom. The highest BCUT2D eigenvalue weighted by molar-refractivity contribution is 7.10. The Labute approximate surface area is 152 Å². The monoisotopic (exact) mass is 350 g/mol. The van der Waals surface area contributed by atoms with E-state index in [0.29, 0.717) is 6.04 Å². The van der Waals surface area contributed by atoms with Crippen molar-refractivity contribution in [3.8, 4) is 11.5 Å². The van der Waals surface area contributed by atoms with E-state index in [1.54, 1.807) is 0 Å². The summed E-state index contributed by atoms with van der Waals surface area (Å²) in [5.41, 5.74) is 1.32. The third-order valence-corrected chi connectivity index (χ3v) is 5.43. The predicted octanol–water partition coefficient (Wildman–Crippen LogP) is 4.54. The largest absolute Gasteiger partial charge is 0.457 e. The van der Waals surface area contributed by atoms with Crippen LogP contribution in [-0.2, 0) is 0 Å². The van der Waals surface area contributed by atoms with Crippen molar-refractivity contribution >= 4 is 11.3 Å². The van der Waals surface area contributed by atoms with Gasteiger partial charge in [-0.2, -0.15) is 0 Å². The average Bonchev–Trinajstić information content (AvgIpc) is 3.19. The fourth-order valence-electron chi connectivity index (χ4n) is 3.28. The lowest BCUT2D eigenvalue weighted by Gasteiger charge is -2.34. The normalized spacial score (nSPS) is 16.5. The van der Waals surface area contributed by atoms with Gasteiger partial charge in [0.15, 0.2) is 0 Å². The van der Waals surface area contributed by atoms with Crippen LogP contribution >= 0.6 is 11.3 Å². The molecule has 1 saturated heterocycles. The summed E-state index contributed by atoms with van der Waals surface area (Å²) in [5, 5.41) is 5.61. The van der Waals surface area contributed by atoms with Gasteiger partial charge in [0.25, 0.3) is 0 Å². The first-order valence-corrected chi connectivity index (χ1v) is 9.59. The second-order valence-electron chi connectivity index (χ2n) is 6.19. The number of hydrogen-bond donors (Lipinski definition) is 1. The molecular weight excluding hydrogens is 328 g/mol. The Bertz CT molecular complexity index is 765. The zero-order valence-corrected chi connectivity index (χ0v) is 14.9. The van der Waals surface area contributed by atoms with Crippen LogP contribution < -0.4 is 10.1 Å². The van der Waals surface area contributed by atoms with Gasteiger partial charge in [-0.05, 0) is 41.3 Å². The minimum absolute atomic E-state index is 0.327. The van der Waals surface area contributed by atoms with Crippen molar-refractivity contribution in [2.75, 3.05) is 26.2 Å². The molecule has 3 aromatic rings. The Hall–Kier alpha value is -2.14. The SMILES string of the molecule is c1ccc(Oc2ccc([C@@H](c3cccs3)N3CCNCC3)cc2)cc1. The molecule has 1 fully saturated rings. The van der Waals surface area contributed by atoms with Gasteiger partial charge >= 0.3 is 0 Å². The summed E-state index contributed by atoms with van der Waals surface area (Å²) >= 11 is 1.83. The molecule has 1 N–H and O–H groups in total. The summed E-state index contributed by atoms with van der Waals surface area (Å²) in [5.74, 6) is 1.74. The molecular formula is C21H22N2OS.